The van der Waals surface area contributed by atoms with E-state index in [0.717, 1.165) is 6.42 Å². The number of anilines is 1. The quantitative estimate of drug-likeness (QED) is 0.747. The van der Waals surface area contributed by atoms with Crippen molar-refractivity contribution in [3.8, 4) is 0 Å². The van der Waals surface area contributed by atoms with E-state index in [4.69, 9.17) is 10.5 Å². The lowest BCUT2D eigenvalue weighted by Crippen LogP contribution is -2.14. The van der Waals surface area contributed by atoms with E-state index in [-0.39, 0.29) is 17.6 Å². The van der Waals surface area contributed by atoms with Gasteiger partial charge >= 0.3 is 5.97 Å². The minimum absolute atomic E-state index is 0.0946. The maximum absolute atomic E-state index is 11.5. The number of esters is 1. The predicted molar refractivity (Wildman–Crippen MR) is 55.3 cm³/mol. The molecule has 1 rings (SSSR count). The van der Waals surface area contributed by atoms with Gasteiger partial charge in [-0.3, -0.25) is 0 Å². The summed E-state index contributed by atoms with van der Waals surface area (Å²) in [6.07, 6.45) is 0.694. The highest BCUT2D eigenvalue weighted by atomic mass is 16.5. The third-order valence-corrected chi connectivity index (χ3v) is 1.74. The van der Waals surface area contributed by atoms with Crippen molar-refractivity contribution in [2.75, 3.05) is 5.73 Å². The van der Waals surface area contributed by atoms with Gasteiger partial charge in [-0.1, -0.05) is 12.1 Å². The first-order valence-corrected chi connectivity index (χ1v) is 4.96. The number of rotatable bonds is 4. The maximum atomic E-state index is 11.5. The van der Waals surface area contributed by atoms with Gasteiger partial charge in [-0.15, -0.1) is 5.10 Å². The molecule has 0 aliphatic carbocycles. The number of nitrogens with zero attached hydrogens (tertiary/aromatic N) is 3. The molecule has 0 fully saturated rings. The van der Waals surface area contributed by atoms with Gasteiger partial charge in [0, 0.05) is 6.54 Å². The number of nitrogens with two attached hydrogens (primary N) is 1. The third kappa shape index (κ3) is 2.68. The number of hydrogen-bond acceptors (Lipinski definition) is 5. The van der Waals surface area contributed by atoms with E-state index in [1.165, 1.54) is 4.68 Å². The normalized spacial score (nSPS) is 10.7. The monoisotopic (exact) mass is 212 g/mol. The zero-order chi connectivity index (χ0) is 11.4. The zero-order valence-electron chi connectivity index (χ0n) is 9.23. The molecule has 0 aliphatic heterocycles. The Labute approximate surface area is 88.4 Å². The van der Waals surface area contributed by atoms with E-state index in [2.05, 4.69) is 10.3 Å². The minimum atomic E-state index is -0.523. The molecule has 1 aromatic heterocycles. The fraction of sp³-hybridized carbons (Fsp3) is 0.667. The van der Waals surface area contributed by atoms with Crippen LogP contribution in [0, 0.1) is 0 Å². The molecule has 0 saturated carbocycles. The molecule has 0 aromatic carbocycles. The van der Waals surface area contributed by atoms with Crippen molar-refractivity contribution in [3.05, 3.63) is 5.69 Å². The van der Waals surface area contributed by atoms with Crippen LogP contribution in [0.4, 0.5) is 5.82 Å². The Bertz CT molecular complexity index is 346. The Morgan fingerprint density at radius 1 is 1.60 bits per heavy atom. The molecule has 6 heteroatoms. The lowest BCUT2D eigenvalue weighted by atomic mass is 10.4. The number of nitrogen functional groups attached to an aromatic ring is 1. The first-order chi connectivity index (χ1) is 7.06. The highest BCUT2D eigenvalue weighted by Gasteiger charge is 2.19. The lowest BCUT2D eigenvalue weighted by Gasteiger charge is -2.06. The van der Waals surface area contributed by atoms with E-state index in [9.17, 15) is 4.79 Å². The number of ether oxygens (including phenoxy) is 1. The van der Waals surface area contributed by atoms with Crippen molar-refractivity contribution in [2.45, 2.75) is 39.8 Å². The number of aryl methyl sites for hydroxylation is 1. The van der Waals surface area contributed by atoms with Gasteiger partial charge in [0.1, 0.15) is 0 Å². The molecule has 1 aromatic rings. The van der Waals surface area contributed by atoms with E-state index in [1.54, 1.807) is 13.8 Å². The van der Waals surface area contributed by atoms with Crippen molar-refractivity contribution in [2.24, 2.45) is 0 Å². The molecule has 0 atom stereocenters. The molecule has 0 saturated heterocycles. The fourth-order valence-corrected chi connectivity index (χ4v) is 1.11. The van der Waals surface area contributed by atoms with E-state index in [1.807, 2.05) is 6.92 Å². The van der Waals surface area contributed by atoms with Crippen molar-refractivity contribution < 1.29 is 9.53 Å². The molecule has 1 heterocycles. The molecule has 15 heavy (non-hydrogen) atoms. The molecule has 6 nitrogen and oxygen atoms in total. The first-order valence-electron chi connectivity index (χ1n) is 4.96. The highest BCUT2D eigenvalue weighted by molar-refractivity contribution is 5.91. The van der Waals surface area contributed by atoms with Crippen molar-refractivity contribution in [1.82, 2.24) is 15.0 Å². The predicted octanol–water partition coefficient (Wildman–Crippen LogP) is 0.835. The zero-order valence-corrected chi connectivity index (χ0v) is 9.23. The summed E-state index contributed by atoms with van der Waals surface area (Å²) in [4.78, 5) is 11.5. The van der Waals surface area contributed by atoms with Crippen LogP contribution in [0.15, 0.2) is 0 Å². The summed E-state index contributed by atoms with van der Waals surface area (Å²) in [7, 11) is 0. The van der Waals surface area contributed by atoms with Gasteiger partial charge in [0.05, 0.1) is 6.10 Å². The molecule has 2 N–H and O–H groups in total. The number of carbonyl (C=O) groups is 1. The lowest BCUT2D eigenvalue weighted by molar-refractivity contribution is 0.0372. The van der Waals surface area contributed by atoms with Gasteiger partial charge in [0.2, 0.25) is 5.69 Å². The van der Waals surface area contributed by atoms with Crippen LogP contribution >= 0.6 is 0 Å². The van der Waals surface area contributed by atoms with E-state index in [0.29, 0.717) is 6.54 Å². The van der Waals surface area contributed by atoms with Crippen LogP contribution in [0.1, 0.15) is 37.7 Å². The van der Waals surface area contributed by atoms with Crippen LogP contribution in [0.3, 0.4) is 0 Å². The molecule has 0 unspecified atom stereocenters. The van der Waals surface area contributed by atoms with Crippen molar-refractivity contribution >= 4 is 11.8 Å². The Morgan fingerprint density at radius 2 is 2.27 bits per heavy atom. The van der Waals surface area contributed by atoms with Crippen LogP contribution < -0.4 is 5.73 Å². The molecular weight excluding hydrogens is 196 g/mol. The molecule has 0 aliphatic rings. The second kappa shape index (κ2) is 4.77. The summed E-state index contributed by atoms with van der Waals surface area (Å²) < 4.78 is 6.47. The van der Waals surface area contributed by atoms with E-state index >= 15 is 0 Å². The molecule has 84 valence electrons. The Hall–Kier alpha value is -1.59. The van der Waals surface area contributed by atoms with Gasteiger partial charge < -0.3 is 10.5 Å². The summed E-state index contributed by atoms with van der Waals surface area (Å²) in [6, 6.07) is 0. The van der Waals surface area contributed by atoms with Gasteiger partial charge in [-0.05, 0) is 20.3 Å². The average Bonchev–Trinajstić information content (AvgIpc) is 2.48. The smallest absolute Gasteiger partial charge is 0.363 e. The Morgan fingerprint density at radius 3 is 2.80 bits per heavy atom. The molecule has 0 amide bonds. The fourth-order valence-electron chi connectivity index (χ4n) is 1.11. The Balaban J connectivity index is 2.81. The molecule has 0 spiro atoms. The summed E-state index contributed by atoms with van der Waals surface area (Å²) in [5.41, 5.74) is 5.80. The van der Waals surface area contributed by atoms with Crippen LogP contribution in [-0.4, -0.2) is 27.1 Å². The molecular formula is C9H16N4O2. The van der Waals surface area contributed by atoms with Gasteiger partial charge in [-0.25, -0.2) is 9.48 Å². The third-order valence-electron chi connectivity index (χ3n) is 1.74. The largest absolute Gasteiger partial charge is 0.458 e. The van der Waals surface area contributed by atoms with Crippen molar-refractivity contribution in [3.63, 3.8) is 0 Å². The Kier molecular flexibility index (Phi) is 3.65. The summed E-state index contributed by atoms with van der Waals surface area (Å²) in [5.74, 6) is -0.257. The van der Waals surface area contributed by atoms with Crippen LogP contribution in [-0.2, 0) is 11.3 Å². The number of aromatic nitrogens is 3. The summed E-state index contributed by atoms with van der Waals surface area (Å²) in [5, 5.41) is 7.48. The first kappa shape index (κ1) is 11.5. The van der Waals surface area contributed by atoms with Crippen LogP contribution in [0.5, 0.6) is 0 Å². The second-order valence-electron chi connectivity index (χ2n) is 3.50. The van der Waals surface area contributed by atoms with Gasteiger partial charge in [0.15, 0.2) is 5.82 Å². The van der Waals surface area contributed by atoms with E-state index < -0.39 is 5.97 Å². The van der Waals surface area contributed by atoms with Gasteiger partial charge in [-0.2, -0.15) is 0 Å². The SMILES string of the molecule is CCCn1nnc(C(=O)OC(C)C)c1N. The number of hydrogen-bond donors (Lipinski definition) is 1. The van der Waals surface area contributed by atoms with Crippen molar-refractivity contribution in [1.29, 1.82) is 0 Å². The molecule has 0 radical (unpaired) electrons. The maximum Gasteiger partial charge on any atom is 0.363 e. The van der Waals surface area contributed by atoms with Crippen LogP contribution in [0.25, 0.3) is 0 Å². The number of carbonyl (C=O) groups excluding carboxylic acids is 1. The summed E-state index contributed by atoms with van der Waals surface area (Å²) in [6.45, 7) is 6.18. The minimum Gasteiger partial charge on any atom is -0.458 e. The molecule has 0 bridgehead atoms. The average molecular weight is 212 g/mol. The standard InChI is InChI=1S/C9H16N4O2/c1-4-5-13-8(10)7(11-12-13)9(14)15-6(2)3/h6H,4-5,10H2,1-3H3. The summed E-state index contributed by atoms with van der Waals surface area (Å²) >= 11 is 0. The second-order valence-corrected chi connectivity index (χ2v) is 3.50. The topological polar surface area (TPSA) is 83.0 Å². The van der Waals surface area contributed by atoms with Gasteiger partial charge in [0.25, 0.3) is 0 Å². The highest BCUT2D eigenvalue weighted by Crippen LogP contribution is 2.10. The van der Waals surface area contributed by atoms with Crippen LogP contribution in [0.2, 0.25) is 0 Å².